The van der Waals surface area contributed by atoms with Crippen molar-refractivity contribution in [3.63, 3.8) is 0 Å². The van der Waals surface area contributed by atoms with Crippen LogP contribution in [-0.4, -0.2) is 34.9 Å². The van der Waals surface area contributed by atoms with Crippen LogP contribution in [0.1, 0.15) is 9.67 Å². The molecular formula is C8H5ClLiNO2S. The number of nitrogens with zero attached hydrogens (tertiary/aromatic N) is 1. The first-order valence-electron chi connectivity index (χ1n) is 3.46. The molecule has 0 amide bonds. The van der Waals surface area contributed by atoms with Crippen molar-refractivity contribution >= 4 is 58.0 Å². The van der Waals surface area contributed by atoms with E-state index < -0.39 is 5.97 Å². The normalized spacial score (nSPS) is 9.79. The molecule has 0 saturated carbocycles. The summed E-state index contributed by atoms with van der Waals surface area (Å²) in [5, 5.41) is 9.26. The number of hydrogen-bond acceptors (Lipinski definition) is 3. The molecule has 0 aromatic carbocycles. The third-order valence-corrected chi connectivity index (χ3v) is 3.15. The maximum absolute atomic E-state index is 10.6. The van der Waals surface area contributed by atoms with Gasteiger partial charge < -0.3 is 5.11 Å². The van der Waals surface area contributed by atoms with Crippen molar-refractivity contribution in [2.24, 2.45) is 0 Å². The van der Waals surface area contributed by atoms with Gasteiger partial charge in [0.15, 0.2) is 0 Å². The molecule has 0 aliphatic heterocycles. The van der Waals surface area contributed by atoms with Gasteiger partial charge in [-0.05, 0) is 12.1 Å². The molecule has 6 heteroatoms. The van der Waals surface area contributed by atoms with Gasteiger partial charge in [0, 0.05) is 6.20 Å². The number of hydrogen-bond donors (Lipinski definition) is 1. The van der Waals surface area contributed by atoms with Gasteiger partial charge in [0.25, 0.3) is 0 Å². The van der Waals surface area contributed by atoms with Crippen LogP contribution in [-0.2, 0) is 0 Å². The van der Waals surface area contributed by atoms with E-state index in [0.717, 1.165) is 16.0 Å². The van der Waals surface area contributed by atoms with Gasteiger partial charge in [-0.1, -0.05) is 11.6 Å². The minimum absolute atomic E-state index is 0. The fourth-order valence-corrected chi connectivity index (χ4v) is 2.14. The number of carboxylic acids is 1. The number of fused-ring (bicyclic) bond motifs is 1. The van der Waals surface area contributed by atoms with Crippen LogP contribution >= 0.6 is 22.9 Å². The first-order valence-corrected chi connectivity index (χ1v) is 4.65. The van der Waals surface area contributed by atoms with Crippen LogP contribution in [0.2, 0.25) is 5.02 Å². The number of aromatic nitrogens is 1. The number of thiophene rings is 1. The molecule has 2 rings (SSSR count). The van der Waals surface area contributed by atoms with Gasteiger partial charge in [-0.25, -0.2) is 4.79 Å². The topological polar surface area (TPSA) is 50.2 Å². The molecule has 2 aromatic heterocycles. The molecule has 0 fully saturated rings. The zero-order valence-electron chi connectivity index (χ0n) is 6.32. The second kappa shape index (κ2) is 4.33. The van der Waals surface area contributed by atoms with E-state index in [2.05, 4.69) is 4.98 Å². The molecule has 2 heterocycles. The number of rotatable bonds is 1. The molecule has 3 nitrogen and oxygen atoms in total. The number of carbonyl (C=O) groups is 1. The summed E-state index contributed by atoms with van der Waals surface area (Å²) in [6.07, 6.45) is 1.56. The Morgan fingerprint density at radius 1 is 1.57 bits per heavy atom. The Kier molecular flexibility index (Phi) is 3.57. The first kappa shape index (κ1) is 11.5. The van der Waals surface area contributed by atoms with Crippen molar-refractivity contribution in [2.45, 2.75) is 0 Å². The zero-order chi connectivity index (χ0) is 9.42. The summed E-state index contributed by atoms with van der Waals surface area (Å²) in [4.78, 5) is 14.9. The molecule has 0 bridgehead atoms. The predicted molar refractivity (Wildman–Crippen MR) is 58.7 cm³/mol. The van der Waals surface area contributed by atoms with Gasteiger partial charge in [-0.2, -0.15) is 0 Å². The summed E-state index contributed by atoms with van der Waals surface area (Å²) >= 11 is 6.99. The Labute approximate surface area is 101 Å². The second-order valence-electron chi connectivity index (χ2n) is 2.42. The summed E-state index contributed by atoms with van der Waals surface area (Å²) < 4.78 is 0.724. The summed E-state index contributed by atoms with van der Waals surface area (Å²) in [6.45, 7) is 0. The average molecular weight is 222 g/mol. The van der Waals surface area contributed by atoms with E-state index in [-0.39, 0.29) is 23.7 Å². The molecule has 0 saturated heterocycles. The van der Waals surface area contributed by atoms with Crippen LogP contribution in [0.15, 0.2) is 18.3 Å². The summed E-state index contributed by atoms with van der Waals surface area (Å²) in [5.41, 5.74) is 0.634. The molecule has 0 spiro atoms. The predicted octanol–water partition coefficient (Wildman–Crippen LogP) is 2.00. The number of pyridine rings is 1. The van der Waals surface area contributed by atoms with Gasteiger partial charge >= 0.3 is 24.8 Å². The van der Waals surface area contributed by atoms with Crippen LogP contribution in [0.3, 0.4) is 0 Å². The van der Waals surface area contributed by atoms with Crippen LogP contribution in [0.25, 0.3) is 10.2 Å². The van der Waals surface area contributed by atoms with Crippen LogP contribution in [0.4, 0.5) is 0 Å². The van der Waals surface area contributed by atoms with Gasteiger partial charge in [0.1, 0.15) is 4.88 Å². The van der Waals surface area contributed by atoms with Crippen molar-refractivity contribution in [3.8, 4) is 0 Å². The zero-order valence-corrected chi connectivity index (χ0v) is 7.89. The fraction of sp³-hybridized carbons (Fsp3) is 0. The number of aromatic carboxylic acids is 1. The van der Waals surface area contributed by atoms with E-state index >= 15 is 0 Å². The summed E-state index contributed by atoms with van der Waals surface area (Å²) in [6, 6.07) is 3.17. The molecule has 14 heavy (non-hydrogen) atoms. The van der Waals surface area contributed by atoms with Gasteiger partial charge in [-0.15, -0.1) is 11.3 Å². The van der Waals surface area contributed by atoms with Crippen molar-refractivity contribution in [1.29, 1.82) is 0 Å². The standard InChI is InChI=1S/C8H4ClNO2S.Li.H/c9-4-1-2-10-5-3-6(8(11)12)13-7(4)5;;/h1-3H,(H,11,12);;. The van der Waals surface area contributed by atoms with E-state index in [4.69, 9.17) is 16.7 Å². The molecular weight excluding hydrogens is 217 g/mol. The Bertz CT molecular complexity index is 485. The summed E-state index contributed by atoms with van der Waals surface area (Å²) in [5.74, 6) is -0.945. The third kappa shape index (κ3) is 1.94. The quantitative estimate of drug-likeness (QED) is 0.750. The molecule has 2 aromatic rings. The SMILES string of the molecule is O=C(O)c1cc2nccc(Cl)c2s1.[LiH]. The van der Waals surface area contributed by atoms with Crippen LogP contribution < -0.4 is 0 Å². The molecule has 0 aliphatic rings. The monoisotopic (exact) mass is 221 g/mol. The van der Waals surface area contributed by atoms with E-state index in [1.807, 2.05) is 0 Å². The van der Waals surface area contributed by atoms with Gasteiger partial charge in [0.2, 0.25) is 0 Å². The third-order valence-electron chi connectivity index (χ3n) is 1.57. The first-order chi connectivity index (χ1) is 6.18. The molecule has 0 atom stereocenters. The number of halogens is 1. The second-order valence-corrected chi connectivity index (χ2v) is 3.88. The Morgan fingerprint density at radius 3 is 2.86 bits per heavy atom. The number of carboxylic acid groups (broad SMARTS) is 1. The maximum atomic E-state index is 10.6. The van der Waals surface area contributed by atoms with E-state index in [1.54, 1.807) is 12.3 Å². The van der Waals surface area contributed by atoms with Gasteiger partial charge in [0.05, 0.1) is 15.2 Å². The Morgan fingerprint density at radius 2 is 2.29 bits per heavy atom. The van der Waals surface area contributed by atoms with Crippen molar-refractivity contribution in [1.82, 2.24) is 4.98 Å². The van der Waals surface area contributed by atoms with Crippen LogP contribution in [0, 0.1) is 0 Å². The van der Waals surface area contributed by atoms with E-state index in [9.17, 15) is 4.79 Å². The van der Waals surface area contributed by atoms with E-state index in [1.165, 1.54) is 6.07 Å². The van der Waals surface area contributed by atoms with Gasteiger partial charge in [-0.3, -0.25) is 4.98 Å². The van der Waals surface area contributed by atoms with Crippen LogP contribution in [0.5, 0.6) is 0 Å². The fourth-order valence-electron chi connectivity index (χ4n) is 1.01. The average Bonchev–Trinajstić information content (AvgIpc) is 2.49. The molecule has 1 N–H and O–H groups in total. The van der Waals surface area contributed by atoms with Crippen molar-refractivity contribution in [2.75, 3.05) is 0 Å². The Hall–Kier alpha value is -0.533. The van der Waals surface area contributed by atoms with Crippen molar-refractivity contribution < 1.29 is 9.90 Å². The molecule has 0 aliphatic carbocycles. The molecule has 0 radical (unpaired) electrons. The minimum atomic E-state index is -0.945. The molecule has 0 unspecified atom stereocenters. The Balaban J connectivity index is 0.000000980. The van der Waals surface area contributed by atoms with E-state index in [0.29, 0.717) is 10.5 Å². The molecule has 68 valence electrons. The van der Waals surface area contributed by atoms with Crippen molar-refractivity contribution in [3.05, 3.63) is 28.2 Å². The summed E-state index contributed by atoms with van der Waals surface area (Å²) in [7, 11) is 0.